The summed E-state index contributed by atoms with van der Waals surface area (Å²) in [6, 6.07) is 8.40. The minimum absolute atomic E-state index is 0.0832. The molecule has 0 saturated heterocycles. The number of carbonyl (C=O) groups is 1. The van der Waals surface area contributed by atoms with Gasteiger partial charge in [0.05, 0.1) is 18.8 Å². The summed E-state index contributed by atoms with van der Waals surface area (Å²) >= 11 is 0. The molecule has 0 aliphatic carbocycles. The molecule has 2 aromatic rings. The minimum atomic E-state index is -1.06. The van der Waals surface area contributed by atoms with Crippen LogP contribution in [-0.2, 0) is 13.2 Å². The van der Waals surface area contributed by atoms with Gasteiger partial charge in [-0.05, 0) is 28.0 Å². The first-order chi connectivity index (χ1) is 8.17. The maximum atomic E-state index is 11.2. The van der Waals surface area contributed by atoms with Crippen LogP contribution in [0.4, 0.5) is 0 Å². The first-order valence-electron chi connectivity index (χ1n) is 5.17. The van der Waals surface area contributed by atoms with Gasteiger partial charge >= 0.3 is 5.97 Å². The van der Waals surface area contributed by atoms with E-state index in [1.54, 1.807) is 30.3 Å². The lowest BCUT2D eigenvalue weighted by atomic mass is 9.98. The van der Waals surface area contributed by atoms with E-state index in [0.29, 0.717) is 10.9 Å². The lowest BCUT2D eigenvalue weighted by molar-refractivity contribution is 0.0695. The van der Waals surface area contributed by atoms with Crippen molar-refractivity contribution in [3.8, 4) is 0 Å². The quantitative estimate of drug-likeness (QED) is 0.749. The number of carboxylic acid groups (broad SMARTS) is 1. The number of aromatic carboxylic acids is 1. The van der Waals surface area contributed by atoms with Gasteiger partial charge in [-0.25, -0.2) is 4.79 Å². The Balaban J connectivity index is 2.77. The van der Waals surface area contributed by atoms with Crippen molar-refractivity contribution >= 4 is 16.7 Å². The third-order valence-electron chi connectivity index (χ3n) is 2.74. The molecule has 0 radical (unpaired) electrons. The molecule has 0 bridgehead atoms. The van der Waals surface area contributed by atoms with Crippen LogP contribution in [0, 0.1) is 0 Å². The fourth-order valence-corrected chi connectivity index (χ4v) is 1.91. The second-order valence-corrected chi connectivity index (χ2v) is 3.78. The number of rotatable bonds is 3. The zero-order chi connectivity index (χ0) is 12.4. The van der Waals surface area contributed by atoms with Crippen molar-refractivity contribution in [3.63, 3.8) is 0 Å². The molecule has 4 heteroatoms. The molecule has 0 spiro atoms. The largest absolute Gasteiger partial charge is 0.478 e. The van der Waals surface area contributed by atoms with Gasteiger partial charge in [-0.2, -0.15) is 0 Å². The lowest BCUT2D eigenvalue weighted by Crippen LogP contribution is -2.03. The smallest absolute Gasteiger partial charge is 0.336 e. The van der Waals surface area contributed by atoms with Crippen LogP contribution in [0.25, 0.3) is 10.8 Å². The summed E-state index contributed by atoms with van der Waals surface area (Å²) in [6.07, 6.45) is 0. The van der Waals surface area contributed by atoms with Crippen LogP contribution in [-0.4, -0.2) is 21.3 Å². The van der Waals surface area contributed by atoms with E-state index >= 15 is 0 Å². The topological polar surface area (TPSA) is 77.8 Å². The second kappa shape index (κ2) is 4.53. The molecule has 88 valence electrons. The van der Waals surface area contributed by atoms with E-state index in [1.807, 2.05) is 0 Å². The van der Waals surface area contributed by atoms with Gasteiger partial charge in [0.2, 0.25) is 0 Å². The molecule has 2 aromatic carbocycles. The molecule has 0 heterocycles. The first kappa shape index (κ1) is 11.6. The average Bonchev–Trinajstić information content (AvgIpc) is 2.36. The molecule has 0 aliphatic heterocycles. The molecule has 0 unspecified atom stereocenters. The van der Waals surface area contributed by atoms with Crippen molar-refractivity contribution in [2.24, 2.45) is 0 Å². The molecular formula is C13H12O4. The van der Waals surface area contributed by atoms with Gasteiger partial charge in [0.25, 0.3) is 0 Å². The third-order valence-corrected chi connectivity index (χ3v) is 2.74. The lowest BCUT2D eigenvalue weighted by Gasteiger charge is -2.08. The van der Waals surface area contributed by atoms with Gasteiger partial charge in [0, 0.05) is 0 Å². The van der Waals surface area contributed by atoms with Gasteiger partial charge in [0.1, 0.15) is 0 Å². The molecular weight excluding hydrogens is 220 g/mol. The van der Waals surface area contributed by atoms with E-state index in [-0.39, 0.29) is 18.8 Å². The third kappa shape index (κ3) is 2.00. The minimum Gasteiger partial charge on any atom is -0.478 e. The fourth-order valence-electron chi connectivity index (χ4n) is 1.91. The molecule has 2 rings (SSSR count). The van der Waals surface area contributed by atoms with Crippen molar-refractivity contribution in [1.82, 2.24) is 0 Å². The van der Waals surface area contributed by atoms with E-state index in [9.17, 15) is 4.79 Å². The summed E-state index contributed by atoms with van der Waals surface area (Å²) < 4.78 is 0. The molecule has 3 N–H and O–H groups in total. The Labute approximate surface area is 97.8 Å². The normalized spacial score (nSPS) is 10.7. The Kier molecular flexibility index (Phi) is 3.08. The highest BCUT2D eigenvalue weighted by Crippen LogP contribution is 2.24. The van der Waals surface area contributed by atoms with Crippen LogP contribution in [0.2, 0.25) is 0 Å². The average molecular weight is 232 g/mol. The number of aliphatic hydroxyl groups excluding tert-OH is 2. The fraction of sp³-hybridized carbons (Fsp3) is 0.154. The van der Waals surface area contributed by atoms with E-state index in [0.717, 1.165) is 10.9 Å². The summed E-state index contributed by atoms with van der Waals surface area (Å²) in [5.41, 5.74) is 1.24. The van der Waals surface area contributed by atoms with Crippen molar-refractivity contribution in [1.29, 1.82) is 0 Å². The van der Waals surface area contributed by atoms with Gasteiger partial charge in [-0.1, -0.05) is 24.3 Å². The van der Waals surface area contributed by atoms with Crippen LogP contribution >= 0.6 is 0 Å². The number of benzene rings is 2. The predicted molar refractivity (Wildman–Crippen MR) is 62.8 cm³/mol. The van der Waals surface area contributed by atoms with E-state index in [4.69, 9.17) is 15.3 Å². The second-order valence-electron chi connectivity index (χ2n) is 3.78. The summed E-state index contributed by atoms with van der Waals surface area (Å²) in [6.45, 7) is -0.389. The highest BCUT2D eigenvalue weighted by Gasteiger charge is 2.13. The highest BCUT2D eigenvalue weighted by atomic mass is 16.4. The number of aliphatic hydroxyl groups is 2. The number of fused-ring (bicyclic) bond motifs is 1. The van der Waals surface area contributed by atoms with Crippen LogP contribution in [0.1, 0.15) is 21.5 Å². The summed E-state index contributed by atoms with van der Waals surface area (Å²) in [5.74, 6) is -1.06. The van der Waals surface area contributed by atoms with Crippen LogP contribution in [0.5, 0.6) is 0 Å². The Hall–Kier alpha value is -1.91. The Morgan fingerprint density at radius 2 is 1.82 bits per heavy atom. The van der Waals surface area contributed by atoms with Crippen LogP contribution in [0.3, 0.4) is 0 Å². The summed E-state index contributed by atoms with van der Waals surface area (Å²) in [4.78, 5) is 11.2. The zero-order valence-corrected chi connectivity index (χ0v) is 9.05. The van der Waals surface area contributed by atoms with E-state index in [2.05, 4.69) is 0 Å². The van der Waals surface area contributed by atoms with Crippen LogP contribution < -0.4 is 0 Å². The van der Waals surface area contributed by atoms with E-state index in [1.165, 1.54) is 0 Å². The zero-order valence-electron chi connectivity index (χ0n) is 9.05. The summed E-state index contributed by atoms with van der Waals surface area (Å²) in [5, 5.41) is 28.6. The van der Waals surface area contributed by atoms with Crippen molar-refractivity contribution in [2.45, 2.75) is 13.2 Å². The Bertz CT molecular complexity index is 575. The van der Waals surface area contributed by atoms with Crippen molar-refractivity contribution in [2.75, 3.05) is 0 Å². The number of hydrogen-bond acceptors (Lipinski definition) is 3. The Morgan fingerprint density at radius 1 is 1.06 bits per heavy atom. The molecule has 0 atom stereocenters. The monoisotopic (exact) mass is 232 g/mol. The molecule has 0 fully saturated rings. The Morgan fingerprint density at radius 3 is 2.41 bits per heavy atom. The number of carboxylic acids is 1. The molecule has 4 nitrogen and oxygen atoms in total. The van der Waals surface area contributed by atoms with Crippen molar-refractivity contribution < 1.29 is 20.1 Å². The molecule has 0 aromatic heterocycles. The number of hydrogen-bond donors (Lipinski definition) is 3. The van der Waals surface area contributed by atoms with Gasteiger partial charge in [-0.15, -0.1) is 0 Å². The van der Waals surface area contributed by atoms with E-state index < -0.39 is 5.97 Å². The van der Waals surface area contributed by atoms with Gasteiger partial charge in [-0.3, -0.25) is 0 Å². The van der Waals surface area contributed by atoms with Crippen LogP contribution in [0.15, 0.2) is 30.3 Å². The molecule has 17 heavy (non-hydrogen) atoms. The first-order valence-corrected chi connectivity index (χ1v) is 5.17. The van der Waals surface area contributed by atoms with Gasteiger partial charge in [0.15, 0.2) is 0 Å². The molecule has 0 amide bonds. The predicted octanol–water partition coefficient (Wildman–Crippen LogP) is 1.52. The van der Waals surface area contributed by atoms with Gasteiger partial charge < -0.3 is 15.3 Å². The van der Waals surface area contributed by atoms with Crippen molar-refractivity contribution in [3.05, 3.63) is 47.0 Å². The molecule has 0 saturated carbocycles. The maximum Gasteiger partial charge on any atom is 0.336 e. The standard InChI is InChI=1S/C13H12O4/c14-6-8-1-4-11-9(5-8)2-3-10(7-15)12(11)13(16)17/h1-5,14-15H,6-7H2,(H,16,17). The highest BCUT2D eigenvalue weighted by molar-refractivity contribution is 6.05. The maximum absolute atomic E-state index is 11.2. The SMILES string of the molecule is O=C(O)c1c(CO)ccc2cc(CO)ccc12. The molecule has 0 aliphatic rings. The summed E-state index contributed by atoms with van der Waals surface area (Å²) in [7, 11) is 0.